The van der Waals surface area contributed by atoms with E-state index in [9.17, 15) is 4.79 Å². The molecule has 2 rings (SSSR count). The van der Waals surface area contributed by atoms with Crippen molar-refractivity contribution in [2.24, 2.45) is 0 Å². The standard InChI is InChI=1S/C14H14O3/c1-10(17-14(15)16-2)12-9-5-7-11-6-3-4-8-13(11)12/h3-10H,1-2H3. The lowest BCUT2D eigenvalue weighted by molar-refractivity contribution is 0.0434. The van der Waals surface area contributed by atoms with Crippen molar-refractivity contribution in [3.05, 3.63) is 48.0 Å². The summed E-state index contributed by atoms with van der Waals surface area (Å²) in [5.74, 6) is 0. The summed E-state index contributed by atoms with van der Waals surface area (Å²) in [5.41, 5.74) is 0.980. The molecular formula is C14H14O3. The molecule has 0 heterocycles. The lowest BCUT2D eigenvalue weighted by Gasteiger charge is -2.14. The quantitative estimate of drug-likeness (QED) is 0.738. The number of fused-ring (bicyclic) bond motifs is 1. The Morgan fingerprint density at radius 2 is 1.82 bits per heavy atom. The Morgan fingerprint density at radius 1 is 1.12 bits per heavy atom. The van der Waals surface area contributed by atoms with Crippen LogP contribution in [0.5, 0.6) is 0 Å². The van der Waals surface area contributed by atoms with Crippen LogP contribution < -0.4 is 0 Å². The van der Waals surface area contributed by atoms with Crippen LogP contribution in [0.15, 0.2) is 42.5 Å². The molecule has 17 heavy (non-hydrogen) atoms. The monoisotopic (exact) mass is 230 g/mol. The molecule has 0 radical (unpaired) electrons. The maximum absolute atomic E-state index is 11.1. The predicted molar refractivity (Wildman–Crippen MR) is 65.9 cm³/mol. The molecule has 0 bridgehead atoms. The van der Waals surface area contributed by atoms with E-state index < -0.39 is 6.16 Å². The summed E-state index contributed by atoms with van der Waals surface area (Å²) < 4.78 is 9.63. The van der Waals surface area contributed by atoms with Crippen molar-refractivity contribution in [2.45, 2.75) is 13.0 Å². The molecule has 3 nitrogen and oxygen atoms in total. The number of hydrogen-bond acceptors (Lipinski definition) is 3. The second kappa shape index (κ2) is 4.87. The van der Waals surface area contributed by atoms with Gasteiger partial charge in [0.1, 0.15) is 6.10 Å². The average molecular weight is 230 g/mol. The highest BCUT2D eigenvalue weighted by molar-refractivity contribution is 5.86. The van der Waals surface area contributed by atoms with Gasteiger partial charge in [0.05, 0.1) is 7.11 Å². The van der Waals surface area contributed by atoms with Gasteiger partial charge in [0.25, 0.3) is 0 Å². The molecule has 0 spiro atoms. The van der Waals surface area contributed by atoms with Crippen LogP contribution in [-0.2, 0) is 9.47 Å². The van der Waals surface area contributed by atoms with E-state index in [1.807, 2.05) is 49.4 Å². The van der Waals surface area contributed by atoms with Gasteiger partial charge in [-0.15, -0.1) is 0 Å². The number of methoxy groups -OCH3 is 1. The molecule has 0 aliphatic carbocycles. The fourth-order valence-corrected chi connectivity index (χ4v) is 1.86. The van der Waals surface area contributed by atoms with Crippen LogP contribution in [0, 0.1) is 0 Å². The zero-order chi connectivity index (χ0) is 12.3. The Balaban J connectivity index is 2.38. The van der Waals surface area contributed by atoms with E-state index in [2.05, 4.69) is 4.74 Å². The maximum atomic E-state index is 11.1. The molecule has 0 aliphatic heterocycles. The Morgan fingerprint density at radius 3 is 2.59 bits per heavy atom. The number of rotatable bonds is 2. The van der Waals surface area contributed by atoms with Gasteiger partial charge in [-0.05, 0) is 17.7 Å². The molecule has 3 heteroatoms. The molecule has 0 N–H and O–H groups in total. The number of hydrogen-bond donors (Lipinski definition) is 0. The second-order valence-electron chi connectivity index (χ2n) is 3.78. The molecule has 0 amide bonds. The summed E-state index contributed by atoms with van der Waals surface area (Å²) in [4.78, 5) is 11.1. The minimum Gasteiger partial charge on any atom is -0.438 e. The third-order valence-electron chi connectivity index (χ3n) is 2.70. The number of ether oxygens (including phenoxy) is 2. The summed E-state index contributed by atoms with van der Waals surface area (Å²) >= 11 is 0. The summed E-state index contributed by atoms with van der Waals surface area (Å²) in [5, 5.41) is 2.22. The lowest BCUT2D eigenvalue weighted by Crippen LogP contribution is -2.08. The first-order chi connectivity index (χ1) is 8.22. The van der Waals surface area contributed by atoms with E-state index in [0.29, 0.717) is 0 Å². The van der Waals surface area contributed by atoms with Gasteiger partial charge in [-0.3, -0.25) is 0 Å². The summed E-state index contributed by atoms with van der Waals surface area (Å²) in [6.45, 7) is 1.83. The predicted octanol–water partition coefficient (Wildman–Crippen LogP) is 3.68. The molecule has 0 aliphatic rings. The highest BCUT2D eigenvalue weighted by Gasteiger charge is 2.13. The molecule has 0 saturated heterocycles. The molecule has 1 unspecified atom stereocenters. The fraction of sp³-hybridized carbons (Fsp3) is 0.214. The number of benzene rings is 2. The van der Waals surface area contributed by atoms with E-state index in [-0.39, 0.29) is 6.10 Å². The molecule has 2 aromatic carbocycles. The summed E-state index contributed by atoms with van der Waals surface area (Å²) in [7, 11) is 1.30. The number of carbonyl (C=O) groups excluding carboxylic acids is 1. The topological polar surface area (TPSA) is 35.5 Å². The Labute approximate surface area is 100.0 Å². The third-order valence-corrected chi connectivity index (χ3v) is 2.70. The van der Waals surface area contributed by atoms with Crippen molar-refractivity contribution in [1.29, 1.82) is 0 Å². The van der Waals surface area contributed by atoms with Crippen molar-refractivity contribution in [2.75, 3.05) is 7.11 Å². The molecule has 0 saturated carbocycles. The van der Waals surface area contributed by atoms with Crippen molar-refractivity contribution in [3.8, 4) is 0 Å². The van der Waals surface area contributed by atoms with Crippen LogP contribution in [-0.4, -0.2) is 13.3 Å². The van der Waals surface area contributed by atoms with Crippen molar-refractivity contribution in [1.82, 2.24) is 0 Å². The summed E-state index contributed by atoms with van der Waals surface area (Å²) in [6, 6.07) is 13.9. The first-order valence-electron chi connectivity index (χ1n) is 5.44. The van der Waals surface area contributed by atoms with Crippen LogP contribution in [0.2, 0.25) is 0 Å². The summed E-state index contributed by atoms with van der Waals surface area (Å²) in [6.07, 6.45) is -0.987. The van der Waals surface area contributed by atoms with Gasteiger partial charge in [0, 0.05) is 5.56 Å². The zero-order valence-electron chi connectivity index (χ0n) is 9.84. The molecule has 2 aromatic rings. The van der Waals surface area contributed by atoms with Crippen LogP contribution in [0.4, 0.5) is 4.79 Å². The lowest BCUT2D eigenvalue weighted by atomic mass is 10.0. The van der Waals surface area contributed by atoms with Gasteiger partial charge in [-0.25, -0.2) is 4.79 Å². The van der Waals surface area contributed by atoms with Gasteiger partial charge in [-0.2, -0.15) is 0 Å². The van der Waals surface area contributed by atoms with Crippen molar-refractivity contribution in [3.63, 3.8) is 0 Å². The van der Waals surface area contributed by atoms with Crippen LogP contribution >= 0.6 is 0 Å². The normalized spacial score (nSPS) is 12.1. The van der Waals surface area contributed by atoms with Crippen LogP contribution in [0.25, 0.3) is 10.8 Å². The van der Waals surface area contributed by atoms with E-state index >= 15 is 0 Å². The van der Waals surface area contributed by atoms with Gasteiger partial charge >= 0.3 is 6.16 Å². The Bertz CT molecular complexity index is 528. The molecule has 1 atom stereocenters. The van der Waals surface area contributed by atoms with Crippen LogP contribution in [0.3, 0.4) is 0 Å². The fourth-order valence-electron chi connectivity index (χ4n) is 1.86. The average Bonchev–Trinajstić information content (AvgIpc) is 2.37. The van der Waals surface area contributed by atoms with Gasteiger partial charge in [0.15, 0.2) is 0 Å². The first-order valence-corrected chi connectivity index (χ1v) is 5.44. The molecular weight excluding hydrogens is 216 g/mol. The minimum absolute atomic E-state index is 0.325. The maximum Gasteiger partial charge on any atom is 0.508 e. The van der Waals surface area contributed by atoms with E-state index in [1.54, 1.807) is 0 Å². The van der Waals surface area contributed by atoms with E-state index in [0.717, 1.165) is 16.3 Å². The minimum atomic E-state index is -0.662. The Kier molecular flexibility index (Phi) is 3.28. The first kappa shape index (κ1) is 11.5. The van der Waals surface area contributed by atoms with Crippen molar-refractivity contribution < 1.29 is 14.3 Å². The SMILES string of the molecule is COC(=O)OC(C)c1cccc2ccccc12. The molecule has 88 valence electrons. The van der Waals surface area contributed by atoms with Gasteiger partial charge in [-0.1, -0.05) is 42.5 Å². The second-order valence-corrected chi connectivity index (χ2v) is 3.78. The smallest absolute Gasteiger partial charge is 0.438 e. The van der Waals surface area contributed by atoms with E-state index in [4.69, 9.17) is 4.74 Å². The molecule has 0 aromatic heterocycles. The van der Waals surface area contributed by atoms with Gasteiger partial charge < -0.3 is 9.47 Å². The molecule has 0 fully saturated rings. The zero-order valence-corrected chi connectivity index (χ0v) is 9.84. The largest absolute Gasteiger partial charge is 0.508 e. The van der Waals surface area contributed by atoms with E-state index in [1.165, 1.54) is 7.11 Å². The van der Waals surface area contributed by atoms with Crippen LogP contribution in [0.1, 0.15) is 18.6 Å². The highest BCUT2D eigenvalue weighted by atomic mass is 16.7. The Hall–Kier alpha value is -2.03. The third kappa shape index (κ3) is 2.38. The van der Waals surface area contributed by atoms with Crippen molar-refractivity contribution >= 4 is 16.9 Å². The highest BCUT2D eigenvalue weighted by Crippen LogP contribution is 2.26. The number of carbonyl (C=O) groups is 1. The van der Waals surface area contributed by atoms with Gasteiger partial charge in [0.2, 0.25) is 0 Å².